The molecule has 5 nitrogen and oxygen atoms in total. The molecule has 4 fully saturated rings. The van der Waals surface area contributed by atoms with E-state index < -0.39 is 10.0 Å². The van der Waals surface area contributed by atoms with Gasteiger partial charge in [-0.15, -0.1) is 0 Å². The number of nitrogens with zero attached hydrogens (tertiary/aromatic N) is 1. The molecule has 0 amide bonds. The Morgan fingerprint density at radius 2 is 1.60 bits per heavy atom. The van der Waals surface area contributed by atoms with Crippen LogP contribution in [0.1, 0.15) is 63.4 Å². The summed E-state index contributed by atoms with van der Waals surface area (Å²) < 4.78 is 25.3. The highest BCUT2D eigenvalue weighted by atomic mass is 32.2. The van der Waals surface area contributed by atoms with Crippen LogP contribution < -0.4 is 4.83 Å². The van der Waals surface area contributed by atoms with E-state index in [1.807, 2.05) is 19.1 Å². The summed E-state index contributed by atoms with van der Waals surface area (Å²) in [5.41, 5.74) is 2.10. The van der Waals surface area contributed by atoms with E-state index in [0.29, 0.717) is 11.8 Å². The molecule has 0 aliphatic heterocycles. The second kappa shape index (κ2) is 7.94. The summed E-state index contributed by atoms with van der Waals surface area (Å²) in [7, 11) is -3.61. The molecule has 30 heavy (non-hydrogen) atoms. The molecule has 0 saturated heterocycles. The van der Waals surface area contributed by atoms with Crippen molar-refractivity contribution >= 4 is 15.7 Å². The van der Waals surface area contributed by atoms with Crippen LogP contribution in [0.25, 0.3) is 0 Å². The maximum Gasteiger partial charge on any atom is 0.276 e. The van der Waals surface area contributed by atoms with Crippen LogP contribution in [0.2, 0.25) is 0 Å². The molecular weight excluding hydrogens is 396 g/mol. The molecule has 0 bridgehead atoms. The van der Waals surface area contributed by atoms with Crippen molar-refractivity contribution in [1.82, 2.24) is 4.83 Å². The highest BCUT2D eigenvalue weighted by Crippen LogP contribution is 2.57. The van der Waals surface area contributed by atoms with E-state index in [1.165, 1.54) is 25.7 Å². The van der Waals surface area contributed by atoms with Crippen LogP contribution >= 0.6 is 0 Å². The Bertz CT molecular complexity index is 911. The fraction of sp³-hybridized carbons (Fsp3) is 0.708. The van der Waals surface area contributed by atoms with Crippen molar-refractivity contribution in [3.8, 4) is 0 Å². The Hall–Kier alpha value is -1.40. The summed E-state index contributed by atoms with van der Waals surface area (Å²) in [5, 5.41) is 14.5. The average Bonchev–Trinajstić information content (AvgIpc) is 3.15. The highest BCUT2D eigenvalue weighted by molar-refractivity contribution is 7.89. The van der Waals surface area contributed by atoms with E-state index in [4.69, 9.17) is 0 Å². The van der Waals surface area contributed by atoms with Crippen molar-refractivity contribution in [3.63, 3.8) is 0 Å². The third kappa shape index (κ3) is 3.70. The van der Waals surface area contributed by atoms with Crippen molar-refractivity contribution in [2.75, 3.05) is 0 Å². The zero-order valence-electron chi connectivity index (χ0n) is 17.8. The van der Waals surface area contributed by atoms with Gasteiger partial charge in [0.25, 0.3) is 10.0 Å². The summed E-state index contributed by atoms with van der Waals surface area (Å²) >= 11 is 0. The van der Waals surface area contributed by atoms with Gasteiger partial charge in [0.1, 0.15) is 0 Å². The van der Waals surface area contributed by atoms with Gasteiger partial charge in [0.2, 0.25) is 0 Å². The molecular formula is C24H34N2O3S. The molecule has 2 N–H and O–H groups in total. The van der Waals surface area contributed by atoms with Gasteiger partial charge in [-0.3, -0.25) is 0 Å². The normalized spacial score (nSPS) is 39.8. The predicted octanol–water partition coefficient (Wildman–Crippen LogP) is 4.25. The van der Waals surface area contributed by atoms with Gasteiger partial charge in [-0.1, -0.05) is 17.7 Å². The van der Waals surface area contributed by atoms with Crippen LogP contribution in [0.15, 0.2) is 34.3 Å². The van der Waals surface area contributed by atoms with E-state index in [0.717, 1.165) is 67.1 Å². The molecule has 4 aliphatic carbocycles. The van der Waals surface area contributed by atoms with Crippen LogP contribution in [0, 0.1) is 42.4 Å². The van der Waals surface area contributed by atoms with Gasteiger partial charge in [-0.25, -0.2) is 4.83 Å². The number of fused-ring (bicyclic) bond motifs is 5. The molecule has 6 heteroatoms. The SMILES string of the molecule is Cc1ccc(S(=O)(=O)NN=C2CC[C@H]3[C@H]4CC[C@@H]5C[C@@H](O)CC[C@@H]5[C@H]4CC[C@@H]23)cc1. The standard InChI is InChI=1S/C24H34N2O3S/c1-15-2-6-18(7-3-15)30(28,29)26-25-24-13-12-22-21-8-4-16-14-17(27)5-9-19(16)20(21)10-11-23(22)24/h2-3,6-7,16-17,19-23,26-27H,4-5,8-14H2,1H3/t16-,17+,19+,20-,21+,22+,23-/m1/s1. The smallest absolute Gasteiger partial charge is 0.276 e. The van der Waals surface area contributed by atoms with Crippen LogP contribution in [0.4, 0.5) is 0 Å². The van der Waals surface area contributed by atoms with Gasteiger partial charge in [-0.05, 0) is 106 Å². The number of nitrogens with one attached hydrogen (secondary N) is 1. The Labute approximate surface area is 180 Å². The lowest BCUT2D eigenvalue weighted by molar-refractivity contribution is -0.0411. The molecule has 5 rings (SSSR count). The van der Waals surface area contributed by atoms with Gasteiger partial charge < -0.3 is 5.11 Å². The number of benzene rings is 1. The number of hydrogen-bond acceptors (Lipinski definition) is 4. The fourth-order valence-corrected chi connectivity index (χ4v) is 8.13. The zero-order valence-corrected chi connectivity index (χ0v) is 18.7. The van der Waals surface area contributed by atoms with E-state index in [9.17, 15) is 13.5 Å². The lowest BCUT2D eigenvalue weighted by atomic mass is 9.53. The monoisotopic (exact) mass is 430 g/mol. The first-order valence-corrected chi connectivity index (χ1v) is 13.2. The Kier molecular flexibility index (Phi) is 5.42. The van der Waals surface area contributed by atoms with Gasteiger partial charge in [-0.2, -0.15) is 13.5 Å². The molecule has 1 aromatic carbocycles. The van der Waals surface area contributed by atoms with Crippen molar-refractivity contribution in [1.29, 1.82) is 0 Å². The minimum absolute atomic E-state index is 0.0779. The number of hydrogen-bond donors (Lipinski definition) is 2. The van der Waals surface area contributed by atoms with Crippen LogP contribution in [0.3, 0.4) is 0 Å². The van der Waals surface area contributed by atoms with Gasteiger partial charge >= 0.3 is 0 Å². The largest absolute Gasteiger partial charge is 0.393 e. The molecule has 7 atom stereocenters. The molecule has 1 aromatic rings. The third-order valence-electron chi connectivity index (χ3n) is 8.66. The highest BCUT2D eigenvalue weighted by Gasteiger charge is 2.51. The second-order valence-corrected chi connectivity index (χ2v) is 11.9. The molecule has 0 spiro atoms. The Morgan fingerprint density at radius 1 is 0.900 bits per heavy atom. The van der Waals surface area contributed by atoms with Gasteiger partial charge in [0.15, 0.2) is 0 Å². The van der Waals surface area contributed by atoms with Crippen molar-refractivity contribution in [3.05, 3.63) is 29.8 Å². The Balaban J connectivity index is 1.28. The maximum atomic E-state index is 12.6. The minimum Gasteiger partial charge on any atom is -0.393 e. The number of aliphatic hydroxyl groups is 1. The van der Waals surface area contributed by atoms with Crippen molar-refractivity contribution < 1.29 is 13.5 Å². The second-order valence-electron chi connectivity index (χ2n) is 10.2. The third-order valence-corrected chi connectivity index (χ3v) is 9.89. The number of hydrazone groups is 1. The molecule has 164 valence electrons. The number of sulfonamides is 1. The predicted molar refractivity (Wildman–Crippen MR) is 117 cm³/mol. The lowest BCUT2D eigenvalue weighted by Crippen LogP contribution is -2.45. The molecule has 0 aromatic heterocycles. The molecule has 4 aliphatic rings. The summed E-state index contributed by atoms with van der Waals surface area (Å²) in [5.74, 6) is 4.20. The van der Waals surface area contributed by atoms with Crippen LogP contribution in [0.5, 0.6) is 0 Å². The lowest BCUT2D eigenvalue weighted by Gasteiger charge is -2.52. The van der Waals surface area contributed by atoms with E-state index >= 15 is 0 Å². The maximum absolute atomic E-state index is 12.6. The zero-order chi connectivity index (χ0) is 20.9. The number of rotatable bonds is 3. The van der Waals surface area contributed by atoms with Crippen molar-refractivity contribution in [2.24, 2.45) is 40.6 Å². The summed E-state index contributed by atoms with van der Waals surface area (Å²) in [6, 6.07) is 6.91. The number of aliphatic hydroxyl groups excluding tert-OH is 1. The first-order valence-electron chi connectivity index (χ1n) is 11.8. The Morgan fingerprint density at radius 3 is 2.40 bits per heavy atom. The van der Waals surface area contributed by atoms with Crippen LogP contribution in [-0.4, -0.2) is 25.3 Å². The van der Waals surface area contributed by atoms with E-state index in [-0.39, 0.29) is 11.0 Å². The molecule has 4 saturated carbocycles. The average molecular weight is 431 g/mol. The van der Waals surface area contributed by atoms with E-state index in [1.54, 1.807) is 12.1 Å². The van der Waals surface area contributed by atoms with Gasteiger partial charge in [0, 0.05) is 11.6 Å². The summed E-state index contributed by atoms with van der Waals surface area (Å²) in [4.78, 5) is 2.80. The topological polar surface area (TPSA) is 78.8 Å². The summed E-state index contributed by atoms with van der Waals surface area (Å²) in [6.07, 6.45) is 10.1. The first-order chi connectivity index (χ1) is 14.4. The first kappa shape index (κ1) is 20.5. The minimum atomic E-state index is -3.61. The quantitative estimate of drug-likeness (QED) is 0.704. The van der Waals surface area contributed by atoms with Crippen molar-refractivity contribution in [2.45, 2.75) is 75.7 Å². The molecule has 0 heterocycles. The number of aryl methyl sites for hydroxylation is 1. The molecule has 0 unspecified atom stereocenters. The fourth-order valence-electron chi connectivity index (χ4n) is 7.30. The van der Waals surface area contributed by atoms with E-state index in [2.05, 4.69) is 9.93 Å². The van der Waals surface area contributed by atoms with Crippen LogP contribution in [-0.2, 0) is 10.0 Å². The van der Waals surface area contributed by atoms with Gasteiger partial charge in [0.05, 0.1) is 11.0 Å². The summed E-state index contributed by atoms with van der Waals surface area (Å²) in [6.45, 7) is 1.95. The molecule has 0 radical (unpaired) electrons.